The van der Waals surface area contributed by atoms with E-state index < -0.39 is 0 Å². The Morgan fingerprint density at radius 1 is 0.242 bits per heavy atom. The van der Waals surface area contributed by atoms with Crippen molar-refractivity contribution in [3.05, 3.63) is 218 Å². The largest absolute Gasteiger partial charge is 0.208 e. The van der Waals surface area contributed by atoms with Crippen LogP contribution in [0.4, 0.5) is 0 Å². The second-order valence-corrected chi connectivity index (χ2v) is 14.6. The fourth-order valence-electron chi connectivity index (χ4n) is 7.69. The first-order valence-corrected chi connectivity index (χ1v) is 20.3. The Bertz CT molecular complexity index is 3120. The van der Waals surface area contributed by atoms with Crippen LogP contribution >= 0.6 is 0 Å². The molecule has 0 radical (unpaired) electrons. The highest BCUT2D eigenvalue weighted by Crippen LogP contribution is 2.41. The summed E-state index contributed by atoms with van der Waals surface area (Å²) in [6.45, 7) is 0. The van der Waals surface area contributed by atoms with Gasteiger partial charge in [0.1, 0.15) is 0 Å². The summed E-state index contributed by atoms with van der Waals surface area (Å²) in [5.41, 5.74) is 11.2. The third-order valence-corrected chi connectivity index (χ3v) is 10.7. The van der Waals surface area contributed by atoms with Gasteiger partial charge in [0.05, 0.1) is 11.6 Å². The SMILES string of the molecule is N#Cc1cc(-c2ccccc2-c2ccccc2-c2nc(-c3ccccc3)nc(-c3ccccc3)n2)ccc1-c1ccccc1-c1nc(-c2ccccc2)nc(-c2ccccc2)n1. The van der Waals surface area contributed by atoms with Crippen molar-refractivity contribution in [2.24, 2.45) is 0 Å². The molecule has 0 bridgehead atoms. The van der Waals surface area contributed by atoms with Gasteiger partial charge < -0.3 is 0 Å². The minimum atomic E-state index is 0.521. The Labute approximate surface area is 359 Å². The maximum atomic E-state index is 10.8. The molecule has 0 N–H and O–H groups in total. The van der Waals surface area contributed by atoms with Gasteiger partial charge in [-0.25, -0.2) is 29.9 Å². The summed E-state index contributed by atoms with van der Waals surface area (Å²) < 4.78 is 0. The Kier molecular flexibility index (Phi) is 10.2. The predicted octanol–water partition coefficient (Wildman–Crippen LogP) is 12.9. The third kappa shape index (κ3) is 7.52. The minimum absolute atomic E-state index is 0.521. The number of benzene rings is 8. The molecule has 7 nitrogen and oxygen atoms in total. The first kappa shape index (κ1) is 37.5. The zero-order valence-electron chi connectivity index (χ0n) is 33.3. The van der Waals surface area contributed by atoms with Gasteiger partial charge >= 0.3 is 0 Å². The van der Waals surface area contributed by atoms with Crippen molar-refractivity contribution in [3.8, 4) is 108 Å². The summed E-state index contributed by atoms with van der Waals surface area (Å²) >= 11 is 0. The zero-order chi connectivity index (χ0) is 41.7. The third-order valence-electron chi connectivity index (χ3n) is 10.7. The van der Waals surface area contributed by atoms with E-state index in [4.69, 9.17) is 29.9 Å². The molecular weight excluding hydrogens is 759 g/mol. The molecule has 0 aliphatic rings. The number of rotatable bonds is 9. The van der Waals surface area contributed by atoms with E-state index in [1.54, 1.807) is 0 Å². The number of nitriles is 1. The van der Waals surface area contributed by atoms with Gasteiger partial charge in [0.25, 0.3) is 0 Å². The lowest BCUT2D eigenvalue weighted by atomic mass is 9.88. The summed E-state index contributed by atoms with van der Waals surface area (Å²) in [6.07, 6.45) is 0. The maximum Gasteiger partial charge on any atom is 0.164 e. The lowest BCUT2D eigenvalue weighted by Crippen LogP contribution is -2.01. The summed E-state index contributed by atoms with van der Waals surface area (Å²) in [4.78, 5) is 29.9. The molecule has 0 fully saturated rings. The highest BCUT2D eigenvalue weighted by molar-refractivity contribution is 5.92. The zero-order valence-corrected chi connectivity index (χ0v) is 33.3. The molecule has 0 spiro atoms. The van der Waals surface area contributed by atoms with Crippen molar-refractivity contribution in [3.63, 3.8) is 0 Å². The lowest BCUT2D eigenvalue weighted by Gasteiger charge is -2.16. The van der Waals surface area contributed by atoms with Crippen LogP contribution in [0, 0.1) is 11.3 Å². The van der Waals surface area contributed by atoms with E-state index in [1.807, 2.05) is 182 Å². The first-order chi connectivity index (χ1) is 30.7. The second-order valence-electron chi connectivity index (χ2n) is 14.6. The van der Waals surface area contributed by atoms with Crippen LogP contribution < -0.4 is 0 Å². The van der Waals surface area contributed by atoms with Gasteiger partial charge in [0.15, 0.2) is 34.9 Å². The average molecular weight is 794 g/mol. The Morgan fingerprint density at radius 3 is 0.903 bits per heavy atom. The van der Waals surface area contributed by atoms with Crippen molar-refractivity contribution in [1.82, 2.24) is 29.9 Å². The Balaban J connectivity index is 1.08. The van der Waals surface area contributed by atoms with Crippen molar-refractivity contribution in [2.45, 2.75) is 0 Å². The van der Waals surface area contributed by atoms with Gasteiger partial charge in [0, 0.05) is 38.9 Å². The van der Waals surface area contributed by atoms with E-state index in [2.05, 4.69) is 36.4 Å². The molecule has 0 aliphatic heterocycles. The number of hydrogen-bond acceptors (Lipinski definition) is 7. The van der Waals surface area contributed by atoms with E-state index in [0.717, 1.165) is 66.8 Å². The highest BCUT2D eigenvalue weighted by Gasteiger charge is 2.20. The fraction of sp³-hybridized carbons (Fsp3) is 0. The van der Waals surface area contributed by atoms with E-state index in [0.29, 0.717) is 40.5 Å². The molecule has 0 unspecified atom stereocenters. The van der Waals surface area contributed by atoms with Crippen molar-refractivity contribution < 1.29 is 0 Å². The molecule has 8 aromatic carbocycles. The second kappa shape index (κ2) is 16.9. The van der Waals surface area contributed by atoms with Crippen LogP contribution in [0.5, 0.6) is 0 Å². The van der Waals surface area contributed by atoms with Crippen molar-refractivity contribution in [2.75, 3.05) is 0 Å². The molecule has 0 saturated carbocycles. The average Bonchev–Trinajstić information content (AvgIpc) is 3.37. The molecule has 0 amide bonds. The predicted molar refractivity (Wildman–Crippen MR) is 247 cm³/mol. The van der Waals surface area contributed by atoms with Crippen LogP contribution in [0.3, 0.4) is 0 Å². The molecular formula is C55H35N7. The molecule has 7 heteroatoms. The number of hydrogen-bond donors (Lipinski definition) is 0. The standard InChI is InChI=1S/C55H35N7/c56-36-42-35-41(33-34-44(42)46-29-15-17-31-48(46)54-59-50(37-19-5-1-6-20-37)57-51(60-54)38-21-7-2-8-22-38)43-27-13-14-28-45(43)47-30-16-18-32-49(47)55-61-52(39-23-9-3-10-24-39)58-53(62-55)40-25-11-4-12-26-40/h1-35H. The van der Waals surface area contributed by atoms with Crippen molar-refractivity contribution in [1.29, 1.82) is 5.26 Å². The van der Waals surface area contributed by atoms with Gasteiger partial charge in [-0.1, -0.05) is 206 Å². The summed E-state index contributed by atoms with van der Waals surface area (Å²) in [5.74, 6) is 3.42. The number of nitrogens with zero attached hydrogens (tertiary/aromatic N) is 7. The van der Waals surface area contributed by atoms with Crippen LogP contribution in [0.15, 0.2) is 212 Å². The van der Waals surface area contributed by atoms with Gasteiger partial charge in [-0.05, 0) is 33.9 Å². The summed E-state index contributed by atoms with van der Waals surface area (Å²) in [7, 11) is 0. The molecule has 0 saturated heterocycles. The van der Waals surface area contributed by atoms with Crippen LogP contribution in [-0.2, 0) is 0 Å². The van der Waals surface area contributed by atoms with Gasteiger partial charge in [-0.3, -0.25) is 0 Å². The smallest absolute Gasteiger partial charge is 0.164 e. The van der Waals surface area contributed by atoms with Gasteiger partial charge in [-0.15, -0.1) is 0 Å². The van der Waals surface area contributed by atoms with E-state index in [-0.39, 0.29) is 0 Å². The van der Waals surface area contributed by atoms with Crippen LogP contribution in [0.25, 0.3) is 102 Å². The normalized spacial score (nSPS) is 10.9. The molecule has 10 aromatic rings. The molecule has 290 valence electrons. The molecule has 0 aliphatic carbocycles. The topological polar surface area (TPSA) is 101 Å². The molecule has 10 rings (SSSR count). The molecule has 0 atom stereocenters. The fourth-order valence-corrected chi connectivity index (χ4v) is 7.69. The Hall–Kier alpha value is -8.73. The summed E-state index contributed by atoms with van der Waals surface area (Å²) in [5, 5.41) is 10.8. The van der Waals surface area contributed by atoms with E-state index in [1.165, 1.54) is 0 Å². The van der Waals surface area contributed by atoms with Gasteiger partial charge in [-0.2, -0.15) is 5.26 Å². The Morgan fingerprint density at radius 2 is 0.532 bits per heavy atom. The lowest BCUT2D eigenvalue weighted by molar-refractivity contribution is 1.07. The molecule has 2 aromatic heterocycles. The van der Waals surface area contributed by atoms with Crippen LogP contribution in [-0.4, -0.2) is 29.9 Å². The monoisotopic (exact) mass is 793 g/mol. The van der Waals surface area contributed by atoms with Crippen molar-refractivity contribution >= 4 is 0 Å². The van der Waals surface area contributed by atoms with E-state index in [9.17, 15) is 5.26 Å². The van der Waals surface area contributed by atoms with Gasteiger partial charge in [0.2, 0.25) is 0 Å². The van der Waals surface area contributed by atoms with E-state index >= 15 is 0 Å². The van der Waals surface area contributed by atoms with Crippen LogP contribution in [0.2, 0.25) is 0 Å². The van der Waals surface area contributed by atoms with Crippen LogP contribution in [0.1, 0.15) is 5.56 Å². The summed E-state index contributed by atoms with van der Waals surface area (Å²) in [6, 6.07) is 72.8. The highest BCUT2D eigenvalue weighted by atomic mass is 15.0. The first-order valence-electron chi connectivity index (χ1n) is 20.3. The minimum Gasteiger partial charge on any atom is -0.208 e. The maximum absolute atomic E-state index is 10.8. The molecule has 62 heavy (non-hydrogen) atoms. The quantitative estimate of drug-likeness (QED) is 0.143. The number of aromatic nitrogens is 6. The molecule has 2 heterocycles.